The van der Waals surface area contributed by atoms with E-state index in [0.29, 0.717) is 38.7 Å². The normalized spacial score (nSPS) is 14.5. The molecule has 1 saturated heterocycles. The van der Waals surface area contributed by atoms with E-state index >= 15 is 0 Å². The Hall–Kier alpha value is -2.51. The number of hydrogen-bond donors (Lipinski definition) is 1. The van der Waals surface area contributed by atoms with Crippen molar-refractivity contribution < 1.29 is 23.0 Å². The van der Waals surface area contributed by atoms with Gasteiger partial charge in [-0.1, -0.05) is 42.5 Å². The predicted octanol–water partition coefficient (Wildman–Crippen LogP) is 3.24. The summed E-state index contributed by atoms with van der Waals surface area (Å²) >= 11 is 0. The first kappa shape index (κ1) is 22.2. The summed E-state index contributed by atoms with van der Waals surface area (Å²) in [5.41, 5.74) is 1.09. The predicted molar refractivity (Wildman–Crippen MR) is 111 cm³/mol. The maximum atomic E-state index is 14.6. The highest BCUT2D eigenvalue weighted by molar-refractivity contribution is 5.78. The molecule has 2 aromatic rings. The Morgan fingerprint density at radius 3 is 2.63 bits per heavy atom. The first-order chi connectivity index (χ1) is 14.5. The van der Waals surface area contributed by atoms with E-state index in [4.69, 9.17) is 9.47 Å². The van der Waals surface area contributed by atoms with E-state index in [1.54, 1.807) is 17.0 Å². The number of ether oxygens (including phenoxy) is 2. The molecule has 162 valence electrons. The van der Waals surface area contributed by atoms with Crippen molar-refractivity contribution in [2.24, 2.45) is 0 Å². The van der Waals surface area contributed by atoms with Crippen LogP contribution in [0.15, 0.2) is 54.6 Å². The van der Waals surface area contributed by atoms with E-state index in [2.05, 4.69) is 17.4 Å². The van der Waals surface area contributed by atoms with Crippen LogP contribution in [-0.2, 0) is 21.9 Å². The van der Waals surface area contributed by atoms with Crippen LogP contribution >= 0.6 is 0 Å². The third-order valence-electron chi connectivity index (χ3n) is 4.96. The molecule has 30 heavy (non-hydrogen) atoms. The molecule has 0 radical (unpaired) electrons. The third-order valence-corrected chi connectivity index (χ3v) is 4.96. The molecule has 5 nitrogen and oxygen atoms in total. The van der Waals surface area contributed by atoms with Gasteiger partial charge in [-0.25, -0.2) is 0 Å². The van der Waals surface area contributed by atoms with Crippen LogP contribution in [0.25, 0.3) is 0 Å². The molecule has 0 atom stereocenters. The minimum Gasteiger partial charge on any atom is -0.494 e. The van der Waals surface area contributed by atoms with Crippen LogP contribution < -0.4 is 10.1 Å². The van der Waals surface area contributed by atoms with Crippen molar-refractivity contribution in [2.75, 3.05) is 46.0 Å². The van der Waals surface area contributed by atoms with E-state index in [1.165, 1.54) is 17.7 Å². The fourth-order valence-corrected chi connectivity index (χ4v) is 3.28. The maximum Gasteiger partial charge on any atom is 0.285 e. The van der Waals surface area contributed by atoms with Gasteiger partial charge in [-0.2, -0.15) is 8.78 Å². The average molecular weight is 418 g/mol. The summed E-state index contributed by atoms with van der Waals surface area (Å²) in [6, 6.07) is 16.0. The number of nitrogens with zero attached hydrogens (tertiary/aromatic N) is 1. The van der Waals surface area contributed by atoms with Crippen LogP contribution in [0, 0.1) is 0 Å². The molecule has 0 saturated carbocycles. The van der Waals surface area contributed by atoms with Crippen LogP contribution in [0.3, 0.4) is 0 Å². The molecule has 0 aliphatic carbocycles. The van der Waals surface area contributed by atoms with Crippen molar-refractivity contribution in [3.05, 3.63) is 65.7 Å². The summed E-state index contributed by atoms with van der Waals surface area (Å²) < 4.78 is 40.0. The van der Waals surface area contributed by atoms with Crippen LogP contribution in [0.5, 0.6) is 5.75 Å². The van der Waals surface area contributed by atoms with E-state index in [1.807, 2.05) is 18.2 Å². The van der Waals surface area contributed by atoms with Crippen LogP contribution in [0.2, 0.25) is 0 Å². The molecule has 1 aliphatic heterocycles. The number of carbonyl (C=O) groups is 1. The lowest BCUT2D eigenvalue weighted by atomic mass is 10.1. The molecule has 0 aromatic heterocycles. The number of morpholine rings is 1. The van der Waals surface area contributed by atoms with Gasteiger partial charge >= 0.3 is 0 Å². The fraction of sp³-hybridized carbons (Fsp3) is 0.435. The molecule has 1 fully saturated rings. The first-order valence-corrected chi connectivity index (χ1v) is 10.3. The lowest BCUT2D eigenvalue weighted by Gasteiger charge is -2.27. The summed E-state index contributed by atoms with van der Waals surface area (Å²) in [7, 11) is 0. The van der Waals surface area contributed by atoms with E-state index in [9.17, 15) is 13.6 Å². The van der Waals surface area contributed by atoms with Gasteiger partial charge in [-0.15, -0.1) is 0 Å². The average Bonchev–Trinajstić information content (AvgIpc) is 2.78. The van der Waals surface area contributed by atoms with E-state index in [-0.39, 0.29) is 18.0 Å². The minimum absolute atomic E-state index is 0.120. The Bertz CT molecular complexity index is 796. The molecule has 1 amide bonds. The van der Waals surface area contributed by atoms with E-state index in [0.717, 1.165) is 12.8 Å². The Morgan fingerprint density at radius 2 is 1.87 bits per heavy atom. The quantitative estimate of drug-likeness (QED) is 0.602. The van der Waals surface area contributed by atoms with Crippen molar-refractivity contribution in [2.45, 2.75) is 18.8 Å². The highest BCUT2D eigenvalue weighted by Gasteiger charge is 2.32. The molecular formula is C23H28F2N2O3. The van der Waals surface area contributed by atoms with Crippen molar-refractivity contribution >= 4 is 5.91 Å². The van der Waals surface area contributed by atoms with Gasteiger partial charge in [0.15, 0.2) is 0 Å². The summed E-state index contributed by atoms with van der Waals surface area (Å²) in [5.74, 6) is -2.87. The highest BCUT2D eigenvalue weighted by atomic mass is 19.3. The van der Waals surface area contributed by atoms with Crippen LogP contribution in [0.4, 0.5) is 8.78 Å². The topological polar surface area (TPSA) is 50.8 Å². The second kappa shape index (κ2) is 11.0. The molecule has 1 aliphatic rings. The number of alkyl halides is 2. The third kappa shape index (κ3) is 6.78. The standard InChI is InChI=1S/C23H28F2N2O3/c24-23(25,18-26-17-22(28)27-11-14-29-15-12-27)20-9-4-10-21(16-20)30-13-5-8-19-6-2-1-3-7-19/h1-4,6-7,9-10,16,26H,5,8,11-15,17-18H2. The van der Waals surface area contributed by atoms with Crippen molar-refractivity contribution in [3.63, 3.8) is 0 Å². The number of carbonyl (C=O) groups excluding carboxylic acids is 1. The first-order valence-electron chi connectivity index (χ1n) is 10.3. The van der Waals surface area contributed by atoms with Crippen molar-refractivity contribution in [3.8, 4) is 5.75 Å². The van der Waals surface area contributed by atoms with Gasteiger partial charge < -0.3 is 19.7 Å². The molecule has 0 unspecified atom stereocenters. The van der Waals surface area contributed by atoms with Gasteiger partial charge in [-0.05, 0) is 30.5 Å². The molecule has 3 rings (SSSR count). The van der Waals surface area contributed by atoms with Gasteiger partial charge in [-0.3, -0.25) is 4.79 Å². The van der Waals surface area contributed by atoms with E-state index < -0.39 is 12.5 Å². The van der Waals surface area contributed by atoms with Crippen LogP contribution in [-0.4, -0.2) is 56.8 Å². The minimum atomic E-state index is -3.10. The Labute approximate surface area is 176 Å². The number of nitrogens with one attached hydrogen (secondary N) is 1. The molecule has 1 N–H and O–H groups in total. The second-order valence-corrected chi connectivity index (χ2v) is 7.27. The summed E-state index contributed by atoms with van der Waals surface area (Å²) in [6.07, 6.45) is 1.67. The molecule has 0 spiro atoms. The summed E-state index contributed by atoms with van der Waals surface area (Å²) in [5, 5.41) is 2.59. The second-order valence-electron chi connectivity index (χ2n) is 7.27. The number of aryl methyl sites for hydroxylation is 1. The Kier molecular flexibility index (Phi) is 8.16. The monoisotopic (exact) mass is 418 g/mol. The number of halogens is 2. The smallest absolute Gasteiger partial charge is 0.285 e. The number of hydrogen-bond acceptors (Lipinski definition) is 4. The zero-order valence-electron chi connectivity index (χ0n) is 17.0. The summed E-state index contributed by atoms with van der Waals surface area (Å²) in [4.78, 5) is 13.7. The lowest BCUT2D eigenvalue weighted by Crippen LogP contribution is -2.46. The molecule has 7 heteroatoms. The van der Waals surface area contributed by atoms with Gasteiger partial charge in [0.25, 0.3) is 5.92 Å². The van der Waals surface area contributed by atoms with Gasteiger partial charge in [0.05, 0.1) is 32.9 Å². The maximum absolute atomic E-state index is 14.6. The highest BCUT2D eigenvalue weighted by Crippen LogP contribution is 2.29. The zero-order valence-corrected chi connectivity index (χ0v) is 17.0. The molecule has 1 heterocycles. The number of amides is 1. The van der Waals surface area contributed by atoms with Crippen molar-refractivity contribution in [1.82, 2.24) is 10.2 Å². The van der Waals surface area contributed by atoms with Gasteiger partial charge in [0, 0.05) is 18.7 Å². The Balaban J connectivity index is 1.44. The molecular weight excluding hydrogens is 390 g/mol. The van der Waals surface area contributed by atoms with Crippen molar-refractivity contribution in [1.29, 1.82) is 0 Å². The van der Waals surface area contributed by atoms with Gasteiger partial charge in [0.1, 0.15) is 5.75 Å². The molecule has 0 bridgehead atoms. The Morgan fingerprint density at radius 1 is 1.10 bits per heavy atom. The lowest BCUT2D eigenvalue weighted by molar-refractivity contribution is -0.134. The van der Waals surface area contributed by atoms with Crippen LogP contribution in [0.1, 0.15) is 17.5 Å². The zero-order chi connectivity index (χ0) is 21.2. The fourth-order valence-electron chi connectivity index (χ4n) is 3.28. The summed E-state index contributed by atoms with van der Waals surface area (Å²) in [6.45, 7) is 1.70. The SMILES string of the molecule is O=C(CNCC(F)(F)c1cccc(OCCCc2ccccc2)c1)N1CCOCC1. The van der Waals surface area contributed by atoms with Gasteiger partial charge in [0.2, 0.25) is 5.91 Å². The number of benzene rings is 2. The molecule has 2 aromatic carbocycles. The largest absolute Gasteiger partial charge is 0.494 e. The number of rotatable bonds is 10.